The minimum atomic E-state index is -0.856. The topological polar surface area (TPSA) is 86.7 Å². The van der Waals surface area contributed by atoms with Crippen molar-refractivity contribution in [3.05, 3.63) is 42.2 Å². The van der Waals surface area contributed by atoms with Gasteiger partial charge >= 0.3 is 0 Å². The van der Waals surface area contributed by atoms with E-state index in [1.807, 2.05) is 30.3 Å². The number of nitrogens with zero attached hydrogens (tertiary/aromatic N) is 3. The number of nitrogens with one attached hydrogen (secondary N) is 2. The maximum atomic E-state index is 10.8. The first kappa shape index (κ1) is 13.4. The van der Waals surface area contributed by atoms with Gasteiger partial charge in [0.2, 0.25) is 0 Å². The fourth-order valence-electron chi connectivity index (χ4n) is 2.97. The number of piperidine rings is 1. The Hall–Kier alpha value is -2.31. The summed E-state index contributed by atoms with van der Waals surface area (Å²) >= 11 is 0. The first-order chi connectivity index (χ1) is 10.8. The summed E-state index contributed by atoms with van der Waals surface area (Å²) in [6.45, 7) is 1.61. The Morgan fingerprint density at radius 3 is 2.82 bits per heavy atom. The maximum absolute atomic E-state index is 10.8. The fourth-order valence-corrected chi connectivity index (χ4v) is 2.97. The third-order valence-electron chi connectivity index (χ3n) is 4.24. The van der Waals surface area contributed by atoms with E-state index in [0.717, 1.165) is 35.5 Å². The van der Waals surface area contributed by atoms with Gasteiger partial charge in [0.05, 0.1) is 11.4 Å². The smallest absolute Gasteiger partial charge is 0.155 e. The molecule has 1 aliphatic heterocycles. The highest BCUT2D eigenvalue weighted by molar-refractivity contribution is 5.89. The van der Waals surface area contributed by atoms with Gasteiger partial charge in [-0.1, -0.05) is 6.07 Å². The van der Waals surface area contributed by atoms with Crippen molar-refractivity contribution in [3.63, 3.8) is 0 Å². The molecule has 0 spiro atoms. The van der Waals surface area contributed by atoms with Gasteiger partial charge in [-0.15, -0.1) is 0 Å². The second-order valence-electron chi connectivity index (χ2n) is 5.66. The van der Waals surface area contributed by atoms with Crippen LogP contribution in [0.15, 0.2) is 36.5 Å². The summed E-state index contributed by atoms with van der Waals surface area (Å²) in [4.78, 5) is 8.92. The van der Waals surface area contributed by atoms with Crippen molar-refractivity contribution < 1.29 is 5.11 Å². The molecule has 4 rings (SSSR count). The molecular formula is C16H17N5O. The lowest BCUT2D eigenvalue weighted by Crippen LogP contribution is -2.40. The van der Waals surface area contributed by atoms with Crippen LogP contribution in [0.25, 0.3) is 22.4 Å². The molecule has 0 saturated carbocycles. The zero-order valence-electron chi connectivity index (χ0n) is 12.1. The SMILES string of the molecule is OC1(c2cccc(-c3n[nH]c4ncccc34)n2)CCNCC1. The summed E-state index contributed by atoms with van der Waals surface area (Å²) in [5, 5.41) is 22.3. The van der Waals surface area contributed by atoms with E-state index in [-0.39, 0.29) is 0 Å². The molecule has 4 heterocycles. The number of pyridine rings is 2. The van der Waals surface area contributed by atoms with E-state index >= 15 is 0 Å². The largest absolute Gasteiger partial charge is 0.383 e. The van der Waals surface area contributed by atoms with Crippen molar-refractivity contribution in [2.45, 2.75) is 18.4 Å². The summed E-state index contributed by atoms with van der Waals surface area (Å²) in [7, 11) is 0. The fraction of sp³-hybridized carbons (Fsp3) is 0.312. The summed E-state index contributed by atoms with van der Waals surface area (Å²) in [6, 6.07) is 9.58. The van der Waals surface area contributed by atoms with E-state index in [1.54, 1.807) is 6.20 Å². The van der Waals surface area contributed by atoms with E-state index in [9.17, 15) is 5.11 Å². The van der Waals surface area contributed by atoms with Crippen LogP contribution in [0.3, 0.4) is 0 Å². The van der Waals surface area contributed by atoms with Crippen molar-refractivity contribution >= 4 is 11.0 Å². The van der Waals surface area contributed by atoms with E-state index in [1.165, 1.54) is 0 Å². The van der Waals surface area contributed by atoms with E-state index < -0.39 is 5.60 Å². The van der Waals surface area contributed by atoms with Crippen molar-refractivity contribution in [1.29, 1.82) is 0 Å². The van der Waals surface area contributed by atoms with Crippen LogP contribution in [0.4, 0.5) is 0 Å². The molecule has 0 atom stereocenters. The summed E-state index contributed by atoms with van der Waals surface area (Å²) in [5.74, 6) is 0. The molecule has 1 saturated heterocycles. The zero-order valence-corrected chi connectivity index (χ0v) is 12.1. The van der Waals surface area contributed by atoms with Crippen molar-refractivity contribution in [3.8, 4) is 11.4 Å². The van der Waals surface area contributed by atoms with Gasteiger partial charge in [0, 0.05) is 11.6 Å². The number of hydrogen-bond donors (Lipinski definition) is 3. The van der Waals surface area contributed by atoms with Crippen LogP contribution >= 0.6 is 0 Å². The first-order valence-corrected chi connectivity index (χ1v) is 7.46. The van der Waals surface area contributed by atoms with Gasteiger partial charge < -0.3 is 10.4 Å². The van der Waals surface area contributed by atoms with Crippen molar-refractivity contribution in [1.82, 2.24) is 25.5 Å². The van der Waals surface area contributed by atoms with E-state index in [2.05, 4.69) is 25.5 Å². The minimum absolute atomic E-state index is 0.673. The third-order valence-corrected chi connectivity index (χ3v) is 4.24. The van der Waals surface area contributed by atoms with Crippen LogP contribution in [0.1, 0.15) is 18.5 Å². The summed E-state index contributed by atoms with van der Waals surface area (Å²) in [6.07, 6.45) is 3.07. The highest BCUT2D eigenvalue weighted by Gasteiger charge is 2.32. The van der Waals surface area contributed by atoms with Crippen molar-refractivity contribution in [2.75, 3.05) is 13.1 Å². The molecule has 0 aliphatic carbocycles. The molecule has 0 bridgehead atoms. The second-order valence-corrected chi connectivity index (χ2v) is 5.66. The Morgan fingerprint density at radius 1 is 1.09 bits per heavy atom. The molecule has 3 aromatic heterocycles. The quantitative estimate of drug-likeness (QED) is 0.668. The van der Waals surface area contributed by atoms with Gasteiger partial charge in [0.25, 0.3) is 0 Å². The predicted octanol–water partition coefficient (Wildman–Crippen LogP) is 1.59. The third kappa shape index (κ3) is 2.17. The minimum Gasteiger partial charge on any atom is -0.383 e. The normalized spacial score (nSPS) is 17.7. The number of hydrogen-bond acceptors (Lipinski definition) is 5. The average molecular weight is 295 g/mol. The molecule has 112 valence electrons. The molecule has 6 heteroatoms. The molecule has 3 aromatic rings. The number of H-pyrrole nitrogens is 1. The Bertz CT molecular complexity index is 807. The lowest BCUT2D eigenvalue weighted by Gasteiger charge is -2.32. The van der Waals surface area contributed by atoms with E-state index in [0.29, 0.717) is 18.5 Å². The Balaban J connectivity index is 1.79. The summed E-state index contributed by atoms with van der Waals surface area (Å²) < 4.78 is 0. The predicted molar refractivity (Wildman–Crippen MR) is 83.1 cm³/mol. The number of rotatable bonds is 2. The van der Waals surface area contributed by atoms with E-state index in [4.69, 9.17) is 0 Å². The average Bonchev–Trinajstić information content (AvgIpc) is 3.00. The maximum Gasteiger partial charge on any atom is 0.155 e. The molecule has 6 nitrogen and oxygen atoms in total. The number of aromatic amines is 1. The molecule has 0 aromatic carbocycles. The zero-order chi connectivity index (χ0) is 15.0. The molecule has 1 aliphatic rings. The first-order valence-electron chi connectivity index (χ1n) is 7.46. The molecule has 22 heavy (non-hydrogen) atoms. The van der Waals surface area contributed by atoms with Gasteiger partial charge in [-0.2, -0.15) is 5.10 Å². The van der Waals surface area contributed by atoms with Gasteiger partial charge in [0.15, 0.2) is 5.65 Å². The van der Waals surface area contributed by atoms with Crippen LogP contribution in [0.2, 0.25) is 0 Å². The van der Waals surface area contributed by atoms with Crippen LogP contribution in [-0.4, -0.2) is 38.4 Å². The van der Waals surface area contributed by atoms with Crippen molar-refractivity contribution in [2.24, 2.45) is 0 Å². The lowest BCUT2D eigenvalue weighted by atomic mass is 9.88. The molecular weight excluding hydrogens is 278 g/mol. The standard InChI is InChI=1S/C16H17N5O/c22-16(6-9-17-10-7-16)13-5-1-4-12(19-13)14-11-3-2-8-18-15(11)21-20-14/h1-5,8,17,22H,6-7,9-10H2,(H,18,20,21). The molecule has 0 radical (unpaired) electrons. The van der Waals surface area contributed by atoms with Crippen LogP contribution in [0, 0.1) is 0 Å². The Kier molecular flexibility index (Phi) is 3.13. The molecule has 1 fully saturated rings. The molecule has 0 amide bonds. The summed E-state index contributed by atoms with van der Waals surface area (Å²) in [5.41, 5.74) is 2.12. The Labute approximate surface area is 127 Å². The number of fused-ring (bicyclic) bond motifs is 1. The molecule has 3 N–H and O–H groups in total. The Morgan fingerprint density at radius 2 is 1.95 bits per heavy atom. The monoisotopic (exact) mass is 295 g/mol. The van der Waals surface area contributed by atoms with Crippen LogP contribution < -0.4 is 5.32 Å². The number of aromatic nitrogens is 4. The highest BCUT2D eigenvalue weighted by Crippen LogP contribution is 2.31. The van der Waals surface area contributed by atoms with Crippen LogP contribution in [-0.2, 0) is 5.60 Å². The molecule has 0 unspecified atom stereocenters. The lowest BCUT2D eigenvalue weighted by molar-refractivity contribution is 0.00197. The van der Waals surface area contributed by atoms with Gasteiger partial charge in [0.1, 0.15) is 11.3 Å². The van der Waals surface area contributed by atoms with Gasteiger partial charge in [-0.3, -0.25) is 5.10 Å². The number of aliphatic hydroxyl groups is 1. The van der Waals surface area contributed by atoms with Crippen LogP contribution in [0.5, 0.6) is 0 Å². The van der Waals surface area contributed by atoms with Gasteiger partial charge in [-0.05, 0) is 50.2 Å². The van der Waals surface area contributed by atoms with Gasteiger partial charge in [-0.25, -0.2) is 9.97 Å². The second kappa shape index (κ2) is 5.15. The highest BCUT2D eigenvalue weighted by atomic mass is 16.3.